The number of piperazine rings is 1. The van der Waals surface area contributed by atoms with Gasteiger partial charge in [-0.1, -0.05) is 6.07 Å². The Morgan fingerprint density at radius 2 is 1.61 bits per heavy atom. The smallest absolute Gasteiger partial charge is 0.257 e. The molecule has 3 heterocycles. The Hall–Kier alpha value is -4.87. The first kappa shape index (κ1) is 22.9. The number of nitrogens with one attached hydrogen (secondary N) is 2. The van der Waals surface area contributed by atoms with Gasteiger partial charge < -0.3 is 20.5 Å². The number of halogens is 1. The number of primary amides is 1. The molecule has 0 unspecified atom stereocenters. The predicted molar refractivity (Wildman–Crippen MR) is 129 cm³/mol. The average Bonchev–Trinajstić information content (AvgIpc) is 3.31. The van der Waals surface area contributed by atoms with Crippen LogP contribution < -0.4 is 16.0 Å². The Kier molecular flexibility index (Phi) is 5.98. The maximum Gasteiger partial charge on any atom is 0.257 e. The molecule has 5 rings (SSSR count). The number of aromatic nitrogens is 4. The van der Waals surface area contributed by atoms with Crippen LogP contribution in [0.15, 0.2) is 54.9 Å². The van der Waals surface area contributed by atoms with E-state index in [9.17, 15) is 18.8 Å². The third-order valence-corrected chi connectivity index (χ3v) is 5.86. The number of fused-ring (bicyclic) bond motifs is 1. The highest BCUT2D eigenvalue weighted by Crippen LogP contribution is 2.19. The number of nitrogens with two attached hydrogens (primary N) is 1. The van der Waals surface area contributed by atoms with E-state index < -0.39 is 17.6 Å². The Morgan fingerprint density at radius 1 is 0.944 bits per heavy atom. The Balaban J connectivity index is 1.21. The normalized spacial score (nSPS) is 13.6. The van der Waals surface area contributed by atoms with Gasteiger partial charge in [0.15, 0.2) is 5.82 Å². The lowest BCUT2D eigenvalue weighted by Crippen LogP contribution is -2.49. The Labute approximate surface area is 204 Å². The number of H-pyrrole nitrogens is 1. The molecule has 1 fully saturated rings. The van der Waals surface area contributed by atoms with E-state index in [4.69, 9.17) is 5.73 Å². The molecule has 1 saturated heterocycles. The number of imidazole rings is 1. The second-order valence-corrected chi connectivity index (χ2v) is 8.16. The van der Waals surface area contributed by atoms with Crippen molar-refractivity contribution < 1.29 is 18.8 Å². The predicted octanol–water partition coefficient (Wildman–Crippen LogP) is 1.81. The van der Waals surface area contributed by atoms with Gasteiger partial charge >= 0.3 is 0 Å². The number of nitrogens with zero attached hydrogens (tertiary/aromatic N) is 5. The summed E-state index contributed by atoms with van der Waals surface area (Å²) in [6.45, 7) is 1.96. The standard InChI is InChI=1S/C24H21FN8O3/c25-16-12-27-24(28-13-16)33-10-8-32(9-11-33)22(36)15-6-4-14(5-7-15)21(35)31-23-29-18-3-1-2-17(20(26)34)19(18)30-23/h1-7,12-13H,8-11H2,(H2,26,34)(H2,29,30,31,35). The molecule has 0 aliphatic carbocycles. The molecule has 11 nitrogen and oxygen atoms in total. The molecular formula is C24H21FN8O3. The number of rotatable bonds is 5. The molecule has 2 aromatic heterocycles. The van der Waals surface area contributed by atoms with E-state index >= 15 is 0 Å². The molecule has 1 aliphatic heterocycles. The topological polar surface area (TPSA) is 150 Å². The van der Waals surface area contributed by atoms with E-state index in [0.717, 1.165) is 12.4 Å². The zero-order valence-electron chi connectivity index (χ0n) is 18.9. The molecular weight excluding hydrogens is 467 g/mol. The average molecular weight is 488 g/mol. The van der Waals surface area contributed by atoms with Gasteiger partial charge in [-0.15, -0.1) is 0 Å². The van der Waals surface area contributed by atoms with Gasteiger partial charge in [0, 0.05) is 37.3 Å². The number of amides is 3. The van der Waals surface area contributed by atoms with Crippen molar-refractivity contribution in [3.05, 3.63) is 77.4 Å². The van der Waals surface area contributed by atoms with Gasteiger partial charge in [0.1, 0.15) is 5.52 Å². The van der Waals surface area contributed by atoms with E-state index in [2.05, 4.69) is 25.3 Å². The summed E-state index contributed by atoms with van der Waals surface area (Å²) >= 11 is 0. The fourth-order valence-corrected chi connectivity index (χ4v) is 3.99. The second kappa shape index (κ2) is 9.41. The van der Waals surface area contributed by atoms with Crippen molar-refractivity contribution in [1.82, 2.24) is 24.8 Å². The summed E-state index contributed by atoms with van der Waals surface area (Å²) in [5.74, 6) is -1.10. The Morgan fingerprint density at radius 3 is 2.28 bits per heavy atom. The van der Waals surface area contributed by atoms with Crippen LogP contribution in [0.25, 0.3) is 11.0 Å². The molecule has 0 atom stereocenters. The number of carbonyl (C=O) groups excluding carboxylic acids is 3. The van der Waals surface area contributed by atoms with E-state index in [1.54, 1.807) is 47.4 Å². The molecule has 4 aromatic rings. The summed E-state index contributed by atoms with van der Waals surface area (Å²) in [4.78, 5) is 56.0. The molecule has 36 heavy (non-hydrogen) atoms. The minimum absolute atomic E-state index is 0.155. The zero-order chi connectivity index (χ0) is 25.2. The van der Waals surface area contributed by atoms with Gasteiger partial charge in [0.2, 0.25) is 11.9 Å². The van der Waals surface area contributed by atoms with Crippen LogP contribution in [-0.4, -0.2) is 68.7 Å². The van der Waals surface area contributed by atoms with Gasteiger partial charge in [0.05, 0.1) is 23.5 Å². The fraction of sp³-hybridized carbons (Fsp3) is 0.167. The first-order valence-electron chi connectivity index (χ1n) is 11.1. The quantitative estimate of drug-likeness (QED) is 0.388. The zero-order valence-corrected chi connectivity index (χ0v) is 18.9. The first-order valence-corrected chi connectivity index (χ1v) is 11.1. The van der Waals surface area contributed by atoms with Crippen molar-refractivity contribution in [2.45, 2.75) is 0 Å². The van der Waals surface area contributed by atoms with E-state index in [1.165, 1.54) is 0 Å². The largest absolute Gasteiger partial charge is 0.366 e. The summed E-state index contributed by atoms with van der Waals surface area (Å²) in [7, 11) is 0. The minimum Gasteiger partial charge on any atom is -0.366 e. The number of para-hydroxylation sites is 1. The number of hydrogen-bond donors (Lipinski definition) is 3. The van der Waals surface area contributed by atoms with Crippen molar-refractivity contribution in [3.63, 3.8) is 0 Å². The van der Waals surface area contributed by atoms with Gasteiger partial charge in [-0.3, -0.25) is 19.7 Å². The van der Waals surface area contributed by atoms with Gasteiger partial charge in [0.25, 0.3) is 17.7 Å². The molecule has 3 amide bonds. The minimum atomic E-state index is -0.615. The van der Waals surface area contributed by atoms with Crippen molar-refractivity contribution >= 4 is 40.7 Å². The van der Waals surface area contributed by atoms with Crippen LogP contribution in [0.5, 0.6) is 0 Å². The SMILES string of the molecule is NC(=O)c1cccc2[nH]c(NC(=O)c3ccc(C(=O)N4CCN(c5ncc(F)cn5)CC4)cc3)nc12. The summed E-state index contributed by atoms with van der Waals surface area (Å²) in [6.07, 6.45) is 2.23. The van der Waals surface area contributed by atoms with Crippen LogP contribution in [0.3, 0.4) is 0 Å². The number of carbonyl (C=O) groups is 3. The summed E-state index contributed by atoms with van der Waals surface area (Å²) in [5, 5.41) is 2.66. The monoisotopic (exact) mass is 488 g/mol. The maximum atomic E-state index is 13.0. The van der Waals surface area contributed by atoms with Crippen LogP contribution in [0.4, 0.5) is 16.3 Å². The molecule has 4 N–H and O–H groups in total. The van der Waals surface area contributed by atoms with E-state index in [0.29, 0.717) is 54.3 Å². The summed E-state index contributed by atoms with van der Waals surface area (Å²) in [6, 6.07) is 11.2. The molecule has 0 radical (unpaired) electrons. The molecule has 0 saturated carbocycles. The van der Waals surface area contributed by atoms with Crippen LogP contribution in [0.2, 0.25) is 0 Å². The van der Waals surface area contributed by atoms with Crippen LogP contribution >= 0.6 is 0 Å². The van der Waals surface area contributed by atoms with E-state index in [1.807, 2.05) is 4.90 Å². The van der Waals surface area contributed by atoms with Crippen LogP contribution in [0.1, 0.15) is 31.1 Å². The summed E-state index contributed by atoms with van der Waals surface area (Å²) in [5.41, 5.74) is 7.35. The van der Waals surface area contributed by atoms with Gasteiger partial charge in [-0.2, -0.15) is 0 Å². The molecule has 2 aromatic carbocycles. The third kappa shape index (κ3) is 4.56. The molecule has 0 bridgehead atoms. The molecule has 1 aliphatic rings. The number of anilines is 2. The lowest BCUT2D eigenvalue weighted by molar-refractivity contribution is 0.0745. The van der Waals surface area contributed by atoms with Crippen molar-refractivity contribution in [1.29, 1.82) is 0 Å². The van der Waals surface area contributed by atoms with Crippen LogP contribution in [0, 0.1) is 5.82 Å². The maximum absolute atomic E-state index is 13.0. The van der Waals surface area contributed by atoms with Crippen molar-refractivity contribution in [2.75, 3.05) is 36.4 Å². The number of benzene rings is 2. The molecule has 182 valence electrons. The summed E-state index contributed by atoms with van der Waals surface area (Å²) < 4.78 is 13.0. The highest BCUT2D eigenvalue weighted by Gasteiger charge is 2.24. The lowest BCUT2D eigenvalue weighted by Gasteiger charge is -2.34. The second-order valence-electron chi connectivity index (χ2n) is 8.16. The number of aromatic amines is 1. The fourth-order valence-electron chi connectivity index (χ4n) is 3.99. The van der Waals surface area contributed by atoms with Gasteiger partial charge in [-0.05, 0) is 36.4 Å². The molecule has 0 spiro atoms. The highest BCUT2D eigenvalue weighted by atomic mass is 19.1. The van der Waals surface area contributed by atoms with Gasteiger partial charge in [-0.25, -0.2) is 19.3 Å². The number of hydrogen-bond acceptors (Lipinski definition) is 7. The highest BCUT2D eigenvalue weighted by molar-refractivity contribution is 6.07. The van der Waals surface area contributed by atoms with E-state index in [-0.39, 0.29) is 17.4 Å². The first-order chi connectivity index (χ1) is 17.4. The van der Waals surface area contributed by atoms with Crippen LogP contribution in [-0.2, 0) is 0 Å². The Bertz CT molecular complexity index is 1440. The third-order valence-electron chi connectivity index (χ3n) is 5.86. The van der Waals surface area contributed by atoms with Crippen molar-refractivity contribution in [2.24, 2.45) is 5.73 Å². The lowest BCUT2D eigenvalue weighted by atomic mass is 10.1. The van der Waals surface area contributed by atoms with Crippen molar-refractivity contribution in [3.8, 4) is 0 Å². The molecule has 12 heteroatoms.